The van der Waals surface area contributed by atoms with Crippen molar-refractivity contribution in [3.8, 4) is 5.75 Å². The molecule has 0 fully saturated rings. The van der Waals surface area contributed by atoms with Crippen LogP contribution in [0.2, 0.25) is 0 Å². The van der Waals surface area contributed by atoms with Gasteiger partial charge in [0.25, 0.3) is 0 Å². The normalized spacial score (nSPS) is 12.0. The van der Waals surface area contributed by atoms with Crippen LogP contribution in [0.4, 0.5) is 13.2 Å². The molecule has 0 amide bonds. The Bertz CT molecular complexity index is 878. The highest BCUT2D eigenvalue weighted by Gasteiger charge is 2.30. The molecule has 0 saturated carbocycles. The van der Waals surface area contributed by atoms with Crippen molar-refractivity contribution in [2.45, 2.75) is 18.9 Å². The molecule has 1 aromatic heterocycles. The van der Waals surface area contributed by atoms with Crippen LogP contribution in [0.3, 0.4) is 0 Å². The van der Waals surface area contributed by atoms with Gasteiger partial charge in [0.05, 0.1) is 19.4 Å². The minimum Gasteiger partial charge on any atom is -0.502 e. The van der Waals surface area contributed by atoms with Gasteiger partial charge in [-0.3, -0.25) is 9.59 Å². The molecule has 1 N–H and O–H groups in total. The summed E-state index contributed by atoms with van der Waals surface area (Å²) in [4.78, 5) is 23.6. The van der Waals surface area contributed by atoms with Gasteiger partial charge >= 0.3 is 5.97 Å². The molecule has 1 atom stereocenters. The number of esters is 1. The van der Waals surface area contributed by atoms with Gasteiger partial charge in [-0.05, 0) is 6.07 Å². The summed E-state index contributed by atoms with van der Waals surface area (Å²) >= 11 is 0. The molecular weight excluding hydrogens is 357 g/mol. The Kier molecular flexibility index (Phi) is 6.04. The van der Waals surface area contributed by atoms with Gasteiger partial charge in [0.1, 0.15) is 12.4 Å². The third-order valence-corrected chi connectivity index (χ3v) is 3.64. The van der Waals surface area contributed by atoms with Crippen LogP contribution in [0.1, 0.15) is 29.4 Å². The van der Waals surface area contributed by atoms with Crippen LogP contribution in [0.25, 0.3) is 0 Å². The topological polar surface area (TPSA) is 86.0 Å². The standard InChI is InChI=1S/C17H15F3O6/c1-24-7-8-5-12(21)16(23)17(26-8)10(6-13(22)25-2)9-3-4-11(18)15(20)14(9)19/h3-5,10,23H,6-7H2,1-2H3/t10-/m1/s1. The van der Waals surface area contributed by atoms with Crippen molar-refractivity contribution in [2.24, 2.45) is 0 Å². The second-order valence-corrected chi connectivity index (χ2v) is 5.32. The maximum absolute atomic E-state index is 14.2. The zero-order valence-corrected chi connectivity index (χ0v) is 13.8. The van der Waals surface area contributed by atoms with Crippen LogP contribution in [0, 0.1) is 17.5 Å². The number of methoxy groups -OCH3 is 2. The van der Waals surface area contributed by atoms with Crippen molar-refractivity contribution in [2.75, 3.05) is 14.2 Å². The van der Waals surface area contributed by atoms with E-state index in [-0.39, 0.29) is 12.4 Å². The lowest BCUT2D eigenvalue weighted by molar-refractivity contribution is -0.141. The Hall–Kier alpha value is -2.81. The van der Waals surface area contributed by atoms with Gasteiger partial charge in [-0.2, -0.15) is 0 Å². The number of hydrogen-bond acceptors (Lipinski definition) is 6. The Balaban J connectivity index is 2.69. The summed E-state index contributed by atoms with van der Waals surface area (Å²) in [6, 6.07) is 2.51. The molecule has 9 heteroatoms. The Morgan fingerprint density at radius 2 is 1.92 bits per heavy atom. The highest BCUT2D eigenvalue weighted by Crippen LogP contribution is 2.35. The van der Waals surface area contributed by atoms with Gasteiger partial charge < -0.3 is 19.0 Å². The average Bonchev–Trinajstić information content (AvgIpc) is 2.61. The third kappa shape index (κ3) is 3.88. The molecule has 1 aromatic carbocycles. The highest BCUT2D eigenvalue weighted by atomic mass is 19.2. The molecule has 0 aliphatic carbocycles. The quantitative estimate of drug-likeness (QED) is 0.620. The Labute approximate surface area is 145 Å². The second-order valence-electron chi connectivity index (χ2n) is 5.32. The SMILES string of the molecule is COCc1cc(=O)c(O)c([C@H](CC(=O)OC)c2ccc(F)c(F)c2F)o1. The van der Waals surface area contributed by atoms with Crippen molar-refractivity contribution in [3.05, 3.63) is 63.0 Å². The number of aromatic hydroxyl groups is 1. The number of benzene rings is 1. The van der Waals surface area contributed by atoms with E-state index in [0.717, 1.165) is 19.2 Å². The van der Waals surface area contributed by atoms with Crippen molar-refractivity contribution in [1.29, 1.82) is 0 Å². The molecule has 6 nitrogen and oxygen atoms in total. The van der Waals surface area contributed by atoms with Gasteiger partial charge in [-0.15, -0.1) is 0 Å². The molecule has 0 aliphatic heterocycles. The lowest BCUT2D eigenvalue weighted by Gasteiger charge is -2.18. The van der Waals surface area contributed by atoms with Crippen molar-refractivity contribution in [3.63, 3.8) is 0 Å². The van der Waals surface area contributed by atoms with Crippen molar-refractivity contribution in [1.82, 2.24) is 0 Å². The fourth-order valence-corrected chi connectivity index (χ4v) is 2.41. The number of ether oxygens (including phenoxy) is 2. The van der Waals surface area contributed by atoms with Gasteiger partial charge in [0.15, 0.2) is 23.2 Å². The van der Waals surface area contributed by atoms with Crippen LogP contribution >= 0.6 is 0 Å². The maximum Gasteiger partial charge on any atom is 0.306 e. The zero-order valence-electron chi connectivity index (χ0n) is 13.8. The van der Waals surface area contributed by atoms with Crippen LogP contribution in [-0.4, -0.2) is 25.3 Å². The number of carbonyl (C=O) groups is 1. The van der Waals surface area contributed by atoms with E-state index in [2.05, 4.69) is 4.74 Å². The van der Waals surface area contributed by atoms with Crippen molar-refractivity contribution < 1.29 is 37.0 Å². The van der Waals surface area contributed by atoms with Gasteiger partial charge in [-0.25, -0.2) is 13.2 Å². The first kappa shape index (κ1) is 19.5. The number of rotatable bonds is 6. The minimum absolute atomic E-state index is 0.0110. The largest absolute Gasteiger partial charge is 0.502 e. The molecular formula is C17H15F3O6. The van der Waals surface area contributed by atoms with Crippen molar-refractivity contribution >= 4 is 5.97 Å². The predicted octanol–water partition coefficient (Wildman–Crippen LogP) is 2.60. The van der Waals surface area contributed by atoms with E-state index in [0.29, 0.717) is 6.07 Å². The first-order valence-electron chi connectivity index (χ1n) is 7.35. The maximum atomic E-state index is 14.2. The molecule has 0 bridgehead atoms. The summed E-state index contributed by atoms with van der Waals surface area (Å²) < 4.78 is 55.8. The van der Waals surface area contributed by atoms with Gasteiger partial charge in [-0.1, -0.05) is 6.07 Å². The van der Waals surface area contributed by atoms with E-state index >= 15 is 0 Å². The zero-order chi connectivity index (χ0) is 19.4. The van der Waals surface area contributed by atoms with Gasteiger partial charge in [0.2, 0.25) is 11.2 Å². The van der Waals surface area contributed by atoms with Crippen LogP contribution in [0.5, 0.6) is 5.75 Å². The van der Waals surface area contributed by atoms with Gasteiger partial charge in [0, 0.05) is 18.7 Å². The van der Waals surface area contributed by atoms with E-state index in [1.165, 1.54) is 7.11 Å². The van der Waals surface area contributed by atoms with E-state index in [4.69, 9.17) is 9.15 Å². The smallest absolute Gasteiger partial charge is 0.306 e. The second kappa shape index (κ2) is 8.05. The number of halogens is 3. The summed E-state index contributed by atoms with van der Waals surface area (Å²) in [5, 5.41) is 10.0. The minimum atomic E-state index is -1.76. The fraction of sp³-hybridized carbons (Fsp3) is 0.294. The number of hydrogen-bond donors (Lipinski definition) is 1. The Morgan fingerprint density at radius 3 is 2.54 bits per heavy atom. The van der Waals surface area contributed by atoms with E-state index in [1.54, 1.807) is 0 Å². The molecule has 26 heavy (non-hydrogen) atoms. The molecule has 2 aromatic rings. The third-order valence-electron chi connectivity index (χ3n) is 3.64. The fourth-order valence-electron chi connectivity index (χ4n) is 2.41. The van der Waals surface area contributed by atoms with E-state index < -0.39 is 58.3 Å². The molecule has 0 aliphatic rings. The molecule has 1 heterocycles. The molecule has 2 rings (SSSR count). The average molecular weight is 372 g/mol. The number of carbonyl (C=O) groups excluding carboxylic acids is 1. The monoisotopic (exact) mass is 372 g/mol. The van der Waals surface area contributed by atoms with E-state index in [9.17, 15) is 27.9 Å². The summed E-state index contributed by atoms with van der Waals surface area (Å²) in [6.07, 6.45) is -0.592. The summed E-state index contributed by atoms with van der Waals surface area (Å²) in [5.74, 6) is -8.42. The lowest BCUT2D eigenvalue weighted by atomic mass is 9.91. The van der Waals surface area contributed by atoms with Crippen LogP contribution in [-0.2, 0) is 20.9 Å². The predicted molar refractivity (Wildman–Crippen MR) is 82.1 cm³/mol. The first-order chi connectivity index (χ1) is 12.3. The lowest BCUT2D eigenvalue weighted by Crippen LogP contribution is -2.16. The van der Waals surface area contributed by atoms with Crippen LogP contribution < -0.4 is 5.43 Å². The molecule has 0 unspecified atom stereocenters. The van der Waals surface area contributed by atoms with Crippen LogP contribution in [0.15, 0.2) is 27.4 Å². The molecule has 0 saturated heterocycles. The Morgan fingerprint density at radius 1 is 1.23 bits per heavy atom. The molecule has 0 spiro atoms. The first-order valence-corrected chi connectivity index (χ1v) is 7.35. The van der Waals surface area contributed by atoms with E-state index in [1.807, 2.05) is 0 Å². The molecule has 140 valence electrons. The summed E-state index contributed by atoms with van der Waals surface area (Å²) in [5.41, 5.74) is -1.35. The highest BCUT2D eigenvalue weighted by molar-refractivity contribution is 5.71. The summed E-state index contributed by atoms with van der Waals surface area (Å²) in [6.45, 7) is -0.145. The molecule has 0 radical (unpaired) electrons. The summed E-state index contributed by atoms with van der Waals surface area (Å²) in [7, 11) is 2.39.